The van der Waals surface area contributed by atoms with E-state index in [-0.39, 0.29) is 0 Å². The predicted octanol–water partition coefficient (Wildman–Crippen LogP) is 2.00. The highest BCUT2D eigenvalue weighted by molar-refractivity contribution is 6.17. The van der Waals surface area contributed by atoms with Gasteiger partial charge in [0.05, 0.1) is 0 Å². The Bertz CT molecular complexity index is 91.3. The van der Waals surface area contributed by atoms with Crippen LogP contribution in [0.15, 0.2) is 0 Å². The Balaban J connectivity index is 2.17. The fourth-order valence-corrected chi connectivity index (χ4v) is 1.81. The first kappa shape index (κ1) is 8.35. The summed E-state index contributed by atoms with van der Waals surface area (Å²) in [6.45, 7) is 0. The van der Waals surface area contributed by atoms with Crippen molar-refractivity contribution in [2.24, 2.45) is 5.92 Å². The van der Waals surface area contributed by atoms with Crippen molar-refractivity contribution in [1.82, 2.24) is 5.32 Å². The minimum absolute atomic E-state index is 0.686. The lowest BCUT2D eigenvalue weighted by atomic mass is 9.79. The molecule has 0 aromatic rings. The van der Waals surface area contributed by atoms with E-state index in [9.17, 15) is 0 Å². The summed E-state index contributed by atoms with van der Waals surface area (Å²) in [6.07, 6.45) is 5.36. The van der Waals surface area contributed by atoms with Crippen molar-refractivity contribution >= 4 is 11.6 Å². The molecule has 0 heterocycles. The standard InChI is InChI=1S/C8H16ClN/c1-10-8(5-6-9)7-3-2-4-7/h7-8,10H,2-6H2,1H3. The summed E-state index contributed by atoms with van der Waals surface area (Å²) in [6, 6.07) is 0.686. The molecule has 0 bridgehead atoms. The van der Waals surface area contributed by atoms with Gasteiger partial charge in [-0.15, -0.1) is 11.6 Å². The number of halogens is 1. The summed E-state index contributed by atoms with van der Waals surface area (Å²) in [5.41, 5.74) is 0. The lowest BCUT2D eigenvalue weighted by molar-refractivity contribution is 0.233. The molecule has 1 aliphatic rings. The van der Waals surface area contributed by atoms with Gasteiger partial charge in [0.1, 0.15) is 0 Å². The zero-order chi connectivity index (χ0) is 7.40. The van der Waals surface area contributed by atoms with Crippen molar-refractivity contribution in [2.75, 3.05) is 12.9 Å². The molecule has 1 rings (SSSR count). The second-order valence-corrected chi connectivity index (χ2v) is 3.44. The summed E-state index contributed by atoms with van der Waals surface area (Å²) in [5, 5.41) is 3.32. The minimum atomic E-state index is 0.686. The Hall–Kier alpha value is 0.250. The number of alkyl halides is 1. The lowest BCUT2D eigenvalue weighted by Gasteiger charge is -2.33. The molecule has 1 N–H and O–H groups in total. The van der Waals surface area contributed by atoms with Gasteiger partial charge in [0, 0.05) is 11.9 Å². The highest BCUT2D eigenvalue weighted by Crippen LogP contribution is 2.30. The van der Waals surface area contributed by atoms with Crippen LogP contribution in [0.5, 0.6) is 0 Å². The van der Waals surface area contributed by atoms with Gasteiger partial charge in [0.2, 0.25) is 0 Å². The number of nitrogens with one attached hydrogen (secondary N) is 1. The van der Waals surface area contributed by atoms with Crippen molar-refractivity contribution in [3.63, 3.8) is 0 Å². The van der Waals surface area contributed by atoms with Crippen LogP contribution in [0.2, 0.25) is 0 Å². The molecular weight excluding hydrogens is 146 g/mol. The fourth-order valence-electron chi connectivity index (χ4n) is 1.58. The largest absolute Gasteiger partial charge is 0.317 e. The molecule has 1 nitrogen and oxygen atoms in total. The molecule has 0 saturated heterocycles. The van der Waals surface area contributed by atoms with Gasteiger partial charge in [-0.25, -0.2) is 0 Å². The van der Waals surface area contributed by atoms with Crippen LogP contribution in [0.4, 0.5) is 0 Å². The predicted molar refractivity (Wildman–Crippen MR) is 45.5 cm³/mol. The van der Waals surface area contributed by atoms with Gasteiger partial charge in [-0.05, 0) is 32.2 Å². The topological polar surface area (TPSA) is 12.0 Å². The molecule has 2 heteroatoms. The van der Waals surface area contributed by atoms with Crippen molar-refractivity contribution in [1.29, 1.82) is 0 Å². The van der Waals surface area contributed by atoms with Crippen LogP contribution in [-0.2, 0) is 0 Å². The van der Waals surface area contributed by atoms with E-state index in [0.29, 0.717) is 6.04 Å². The molecule has 0 spiro atoms. The van der Waals surface area contributed by atoms with Crippen LogP contribution in [0.3, 0.4) is 0 Å². The number of rotatable bonds is 4. The maximum Gasteiger partial charge on any atom is 0.0238 e. The van der Waals surface area contributed by atoms with Crippen LogP contribution >= 0.6 is 11.6 Å². The van der Waals surface area contributed by atoms with Crippen LogP contribution in [0, 0.1) is 5.92 Å². The molecule has 1 saturated carbocycles. The van der Waals surface area contributed by atoms with Gasteiger partial charge in [-0.3, -0.25) is 0 Å². The quantitative estimate of drug-likeness (QED) is 0.622. The maximum atomic E-state index is 5.66. The van der Waals surface area contributed by atoms with E-state index >= 15 is 0 Å². The van der Waals surface area contributed by atoms with Crippen LogP contribution < -0.4 is 5.32 Å². The summed E-state index contributed by atoms with van der Waals surface area (Å²) in [7, 11) is 2.04. The number of hydrogen-bond acceptors (Lipinski definition) is 1. The first-order chi connectivity index (χ1) is 4.88. The molecule has 0 aliphatic heterocycles. The molecule has 1 aliphatic carbocycles. The van der Waals surface area contributed by atoms with E-state index in [1.165, 1.54) is 19.3 Å². The van der Waals surface area contributed by atoms with Gasteiger partial charge in [0.25, 0.3) is 0 Å². The first-order valence-electron chi connectivity index (χ1n) is 4.11. The van der Waals surface area contributed by atoms with Crippen molar-refractivity contribution in [2.45, 2.75) is 31.7 Å². The van der Waals surface area contributed by atoms with E-state index < -0.39 is 0 Å². The fraction of sp³-hybridized carbons (Fsp3) is 1.00. The summed E-state index contributed by atoms with van der Waals surface area (Å²) < 4.78 is 0. The Morgan fingerprint density at radius 2 is 2.30 bits per heavy atom. The molecule has 1 fully saturated rings. The molecule has 0 aromatic heterocycles. The summed E-state index contributed by atoms with van der Waals surface area (Å²) >= 11 is 5.66. The molecular formula is C8H16ClN. The van der Waals surface area contributed by atoms with Gasteiger partial charge < -0.3 is 5.32 Å². The lowest BCUT2D eigenvalue weighted by Crippen LogP contribution is -2.37. The van der Waals surface area contributed by atoms with E-state index in [1.807, 2.05) is 7.05 Å². The Morgan fingerprint density at radius 1 is 1.60 bits per heavy atom. The van der Waals surface area contributed by atoms with E-state index in [4.69, 9.17) is 11.6 Å². The Kier molecular flexibility index (Phi) is 3.50. The monoisotopic (exact) mass is 161 g/mol. The van der Waals surface area contributed by atoms with Gasteiger partial charge in [-0.2, -0.15) is 0 Å². The van der Waals surface area contributed by atoms with Crippen molar-refractivity contribution in [3.8, 4) is 0 Å². The summed E-state index contributed by atoms with van der Waals surface area (Å²) in [5.74, 6) is 1.71. The van der Waals surface area contributed by atoms with Crippen LogP contribution in [0.25, 0.3) is 0 Å². The van der Waals surface area contributed by atoms with Crippen LogP contribution in [0.1, 0.15) is 25.7 Å². The normalized spacial score (nSPS) is 22.2. The second-order valence-electron chi connectivity index (χ2n) is 3.06. The van der Waals surface area contributed by atoms with E-state index in [0.717, 1.165) is 18.2 Å². The molecule has 1 atom stereocenters. The van der Waals surface area contributed by atoms with Gasteiger partial charge >= 0.3 is 0 Å². The van der Waals surface area contributed by atoms with Crippen LogP contribution in [-0.4, -0.2) is 19.0 Å². The highest BCUT2D eigenvalue weighted by Gasteiger charge is 2.24. The third kappa shape index (κ3) is 1.86. The molecule has 0 radical (unpaired) electrons. The minimum Gasteiger partial charge on any atom is -0.317 e. The molecule has 60 valence electrons. The van der Waals surface area contributed by atoms with Gasteiger partial charge in [0.15, 0.2) is 0 Å². The third-order valence-electron chi connectivity index (χ3n) is 2.51. The Morgan fingerprint density at radius 3 is 2.60 bits per heavy atom. The maximum absolute atomic E-state index is 5.66. The average Bonchev–Trinajstić information content (AvgIpc) is 1.83. The van der Waals surface area contributed by atoms with Crippen molar-refractivity contribution in [3.05, 3.63) is 0 Å². The highest BCUT2D eigenvalue weighted by atomic mass is 35.5. The molecule has 0 aromatic carbocycles. The molecule has 10 heavy (non-hydrogen) atoms. The SMILES string of the molecule is CNC(CCCl)C1CCC1. The second kappa shape index (κ2) is 4.20. The third-order valence-corrected chi connectivity index (χ3v) is 2.73. The average molecular weight is 162 g/mol. The van der Waals surface area contributed by atoms with Crippen molar-refractivity contribution < 1.29 is 0 Å². The molecule has 1 unspecified atom stereocenters. The van der Waals surface area contributed by atoms with E-state index in [1.54, 1.807) is 0 Å². The smallest absolute Gasteiger partial charge is 0.0238 e. The first-order valence-corrected chi connectivity index (χ1v) is 4.65. The van der Waals surface area contributed by atoms with E-state index in [2.05, 4.69) is 5.32 Å². The van der Waals surface area contributed by atoms with Gasteiger partial charge in [-0.1, -0.05) is 6.42 Å². The zero-order valence-corrected chi connectivity index (χ0v) is 7.32. The molecule has 0 amide bonds. The number of hydrogen-bond donors (Lipinski definition) is 1. The Labute approximate surface area is 68.1 Å². The summed E-state index contributed by atoms with van der Waals surface area (Å²) in [4.78, 5) is 0. The zero-order valence-electron chi connectivity index (χ0n) is 6.57.